The van der Waals surface area contributed by atoms with Gasteiger partial charge in [-0.3, -0.25) is 0 Å². The highest BCUT2D eigenvalue weighted by Crippen LogP contribution is 2.29. The van der Waals surface area contributed by atoms with Gasteiger partial charge in [0, 0.05) is 11.7 Å². The lowest BCUT2D eigenvalue weighted by Gasteiger charge is -2.19. The van der Waals surface area contributed by atoms with Crippen molar-refractivity contribution in [2.24, 2.45) is 0 Å². The monoisotopic (exact) mass is 283 g/mol. The molecule has 0 radical (unpaired) electrons. The van der Waals surface area contributed by atoms with Gasteiger partial charge in [0.2, 0.25) is 0 Å². The van der Waals surface area contributed by atoms with Gasteiger partial charge in [0.05, 0.1) is 11.1 Å². The van der Waals surface area contributed by atoms with Crippen LogP contribution in [0, 0.1) is 0 Å². The Morgan fingerprint density at radius 1 is 1.16 bits per heavy atom. The number of hydrogen-bond acceptors (Lipinski definition) is 2. The molecule has 108 valence electrons. The first-order valence-corrected chi connectivity index (χ1v) is 7.67. The van der Waals surface area contributed by atoms with E-state index in [0.717, 1.165) is 11.4 Å². The quantitative estimate of drug-likeness (QED) is 0.679. The molecular weight excluding hydrogens is 258 g/mol. The highest BCUT2D eigenvalue weighted by molar-refractivity contribution is 6.32. The Morgan fingerprint density at radius 2 is 1.79 bits per heavy atom. The van der Waals surface area contributed by atoms with Gasteiger partial charge in [-0.25, -0.2) is 0 Å². The molecule has 3 heteroatoms. The molecule has 0 aliphatic carbocycles. The Labute approximate surface area is 122 Å². The maximum atomic E-state index is 6.25. The van der Waals surface area contributed by atoms with Crippen molar-refractivity contribution in [2.45, 2.75) is 65.5 Å². The van der Waals surface area contributed by atoms with Crippen LogP contribution in [0.4, 0.5) is 5.69 Å². The predicted octanol–water partition coefficient (Wildman–Crippen LogP) is 5.51. The third-order valence-corrected chi connectivity index (χ3v) is 3.23. The highest BCUT2D eigenvalue weighted by Gasteiger charge is 2.09. The minimum atomic E-state index is 0.143. The van der Waals surface area contributed by atoms with Crippen molar-refractivity contribution in [3.8, 4) is 5.75 Å². The fraction of sp³-hybridized carbons (Fsp3) is 0.625. The molecule has 0 unspecified atom stereocenters. The van der Waals surface area contributed by atoms with E-state index in [2.05, 4.69) is 19.2 Å². The summed E-state index contributed by atoms with van der Waals surface area (Å²) in [6.07, 6.45) is 4.91. The van der Waals surface area contributed by atoms with Gasteiger partial charge in [0.25, 0.3) is 0 Å². The number of benzene rings is 1. The number of hydrogen-bond donors (Lipinski definition) is 1. The van der Waals surface area contributed by atoms with Crippen LogP contribution in [0.5, 0.6) is 5.75 Å². The van der Waals surface area contributed by atoms with E-state index in [0.29, 0.717) is 11.1 Å². The van der Waals surface area contributed by atoms with E-state index in [-0.39, 0.29) is 6.10 Å². The van der Waals surface area contributed by atoms with Crippen LogP contribution in [-0.2, 0) is 0 Å². The average Bonchev–Trinajstić information content (AvgIpc) is 2.33. The summed E-state index contributed by atoms with van der Waals surface area (Å²) in [5.41, 5.74) is 1.08. The Balaban J connectivity index is 2.70. The van der Waals surface area contributed by atoms with Crippen LogP contribution in [-0.4, -0.2) is 12.1 Å². The first kappa shape index (κ1) is 16.2. The Bertz CT molecular complexity index is 373. The molecule has 0 saturated heterocycles. The van der Waals surface area contributed by atoms with Crippen molar-refractivity contribution < 1.29 is 4.74 Å². The third-order valence-electron chi connectivity index (χ3n) is 2.94. The predicted molar refractivity (Wildman–Crippen MR) is 84.4 cm³/mol. The molecule has 0 amide bonds. The first-order valence-electron chi connectivity index (χ1n) is 7.29. The SMILES string of the molecule is CCCC(CCC)Nc1ccc(OC(C)C)c(Cl)c1. The van der Waals surface area contributed by atoms with Crippen molar-refractivity contribution >= 4 is 17.3 Å². The second-order valence-electron chi connectivity index (χ2n) is 5.23. The van der Waals surface area contributed by atoms with Crippen molar-refractivity contribution in [3.05, 3.63) is 23.2 Å². The Kier molecular flexibility index (Phi) is 7.07. The van der Waals surface area contributed by atoms with Crippen LogP contribution >= 0.6 is 11.6 Å². The van der Waals surface area contributed by atoms with Crippen molar-refractivity contribution in [2.75, 3.05) is 5.32 Å². The summed E-state index contributed by atoms with van der Waals surface area (Å²) in [6, 6.07) is 6.47. The van der Waals surface area contributed by atoms with Crippen LogP contribution in [0.2, 0.25) is 5.02 Å². The van der Waals surface area contributed by atoms with Gasteiger partial charge in [0.1, 0.15) is 5.75 Å². The van der Waals surface area contributed by atoms with Crippen LogP contribution < -0.4 is 10.1 Å². The number of nitrogens with one attached hydrogen (secondary N) is 1. The lowest BCUT2D eigenvalue weighted by atomic mass is 10.1. The first-order chi connectivity index (χ1) is 9.06. The van der Waals surface area contributed by atoms with E-state index >= 15 is 0 Å². The summed E-state index contributed by atoms with van der Waals surface area (Å²) in [4.78, 5) is 0. The summed E-state index contributed by atoms with van der Waals surface area (Å²) in [6.45, 7) is 8.44. The minimum Gasteiger partial charge on any atom is -0.489 e. The molecule has 0 atom stereocenters. The van der Waals surface area contributed by atoms with Crippen LogP contribution in [0.1, 0.15) is 53.4 Å². The maximum Gasteiger partial charge on any atom is 0.138 e. The van der Waals surface area contributed by atoms with E-state index < -0.39 is 0 Å². The van der Waals surface area contributed by atoms with Gasteiger partial charge in [-0.2, -0.15) is 0 Å². The second-order valence-corrected chi connectivity index (χ2v) is 5.64. The minimum absolute atomic E-state index is 0.143. The second kappa shape index (κ2) is 8.31. The number of anilines is 1. The molecule has 1 N–H and O–H groups in total. The molecule has 0 spiro atoms. The lowest BCUT2D eigenvalue weighted by Crippen LogP contribution is -2.18. The van der Waals surface area contributed by atoms with Gasteiger partial charge in [0.15, 0.2) is 0 Å². The summed E-state index contributed by atoms with van der Waals surface area (Å²) in [5.74, 6) is 0.754. The smallest absolute Gasteiger partial charge is 0.138 e. The zero-order chi connectivity index (χ0) is 14.3. The zero-order valence-electron chi connectivity index (χ0n) is 12.5. The molecular formula is C16H26ClNO. The molecule has 0 aliphatic heterocycles. The molecule has 0 aliphatic rings. The normalized spacial score (nSPS) is 11.1. The van der Waals surface area contributed by atoms with Gasteiger partial charge in [-0.1, -0.05) is 38.3 Å². The molecule has 0 saturated carbocycles. The van der Waals surface area contributed by atoms with Crippen molar-refractivity contribution in [3.63, 3.8) is 0 Å². The number of halogens is 1. The van der Waals surface area contributed by atoms with E-state index in [9.17, 15) is 0 Å². The molecule has 0 aromatic heterocycles. The van der Waals surface area contributed by atoms with Gasteiger partial charge in [-0.05, 0) is 44.9 Å². The summed E-state index contributed by atoms with van der Waals surface area (Å²) >= 11 is 6.25. The highest BCUT2D eigenvalue weighted by atomic mass is 35.5. The van der Waals surface area contributed by atoms with Crippen LogP contribution in [0.3, 0.4) is 0 Å². The molecule has 0 bridgehead atoms. The molecule has 19 heavy (non-hydrogen) atoms. The number of ether oxygens (including phenoxy) is 1. The topological polar surface area (TPSA) is 21.3 Å². The van der Waals surface area contributed by atoms with Gasteiger partial charge < -0.3 is 10.1 Å². The fourth-order valence-corrected chi connectivity index (χ4v) is 2.39. The van der Waals surface area contributed by atoms with E-state index in [1.165, 1.54) is 25.7 Å². The van der Waals surface area contributed by atoms with E-state index in [4.69, 9.17) is 16.3 Å². The van der Waals surface area contributed by atoms with Gasteiger partial charge >= 0.3 is 0 Å². The standard InChI is InChI=1S/C16H26ClNO/c1-5-7-13(8-6-2)18-14-9-10-16(15(17)11-14)19-12(3)4/h9-13,18H,5-8H2,1-4H3. The molecule has 2 nitrogen and oxygen atoms in total. The molecule has 1 aromatic carbocycles. The average molecular weight is 284 g/mol. The molecule has 0 heterocycles. The maximum absolute atomic E-state index is 6.25. The summed E-state index contributed by atoms with van der Waals surface area (Å²) < 4.78 is 5.64. The summed E-state index contributed by atoms with van der Waals surface area (Å²) in [7, 11) is 0. The molecule has 1 rings (SSSR count). The van der Waals surface area contributed by atoms with E-state index in [1.807, 2.05) is 32.0 Å². The Hall–Kier alpha value is -0.890. The largest absolute Gasteiger partial charge is 0.489 e. The van der Waals surface area contributed by atoms with Gasteiger partial charge in [-0.15, -0.1) is 0 Å². The van der Waals surface area contributed by atoms with Crippen molar-refractivity contribution in [1.29, 1.82) is 0 Å². The van der Waals surface area contributed by atoms with Crippen LogP contribution in [0.15, 0.2) is 18.2 Å². The van der Waals surface area contributed by atoms with E-state index in [1.54, 1.807) is 0 Å². The van der Waals surface area contributed by atoms with Crippen molar-refractivity contribution in [1.82, 2.24) is 0 Å². The zero-order valence-corrected chi connectivity index (χ0v) is 13.3. The van der Waals surface area contributed by atoms with Crippen LogP contribution in [0.25, 0.3) is 0 Å². The fourth-order valence-electron chi connectivity index (χ4n) is 2.16. The third kappa shape index (κ3) is 5.73. The lowest BCUT2D eigenvalue weighted by molar-refractivity contribution is 0.242. The number of rotatable bonds is 8. The molecule has 0 fully saturated rings. The molecule has 1 aromatic rings. The Morgan fingerprint density at radius 3 is 2.26 bits per heavy atom. The summed E-state index contributed by atoms with van der Waals surface area (Å²) in [5, 5.41) is 4.23.